The molecule has 0 heterocycles. The molecule has 0 saturated heterocycles. The van der Waals surface area contributed by atoms with E-state index in [0.29, 0.717) is 16.5 Å². The van der Waals surface area contributed by atoms with Gasteiger partial charge in [-0.3, -0.25) is 0 Å². The molecule has 15 heavy (non-hydrogen) atoms. The molecule has 1 atom stereocenters. The standard InChI is InChI=1S/C12H14ClNS/c1-3-9(2)8-15-12-6-11(13)5-4-10(12)7-14/h4-6,9H,3,8H2,1-2H3. The molecule has 1 rings (SSSR count). The monoisotopic (exact) mass is 239 g/mol. The van der Waals surface area contributed by atoms with Crippen LogP contribution < -0.4 is 0 Å². The first kappa shape index (κ1) is 12.4. The highest BCUT2D eigenvalue weighted by Gasteiger charge is 2.06. The van der Waals surface area contributed by atoms with Gasteiger partial charge in [-0.25, -0.2) is 0 Å². The molecule has 0 aromatic heterocycles. The van der Waals surface area contributed by atoms with Crippen LogP contribution >= 0.6 is 23.4 Å². The molecular weight excluding hydrogens is 226 g/mol. The van der Waals surface area contributed by atoms with Crippen molar-refractivity contribution in [2.45, 2.75) is 25.2 Å². The van der Waals surface area contributed by atoms with Crippen molar-refractivity contribution >= 4 is 23.4 Å². The number of hydrogen-bond donors (Lipinski definition) is 0. The zero-order valence-electron chi connectivity index (χ0n) is 8.96. The number of nitriles is 1. The average Bonchev–Trinajstić information content (AvgIpc) is 2.26. The van der Waals surface area contributed by atoms with Crippen LogP contribution in [0.4, 0.5) is 0 Å². The van der Waals surface area contributed by atoms with E-state index in [-0.39, 0.29) is 0 Å². The van der Waals surface area contributed by atoms with Crippen molar-refractivity contribution < 1.29 is 0 Å². The molecular formula is C12H14ClNS. The van der Waals surface area contributed by atoms with Crippen molar-refractivity contribution in [3.8, 4) is 6.07 Å². The molecule has 0 radical (unpaired) electrons. The summed E-state index contributed by atoms with van der Waals surface area (Å²) >= 11 is 7.61. The molecule has 80 valence electrons. The SMILES string of the molecule is CCC(C)CSc1cc(Cl)ccc1C#N. The van der Waals surface area contributed by atoms with Gasteiger partial charge in [0.05, 0.1) is 5.56 Å². The van der Waals surface area contributed by atoms with E-state index >= 15 is 0 Å². The number of thioether (sulfide) groups is 1. The minimum Gasteiger partial charge on any atom is -0.192 e. The average molecular weight is 240 g/mol. The Morgan fingerprint density at radius 1 is 1.53 bits per heavy atom. The van der Waals surface area contributed by atoms with Crippen LogP contribution in [0.5, 0.6) is 0 Å². The topological polar surface area (TPSA) is 23.8 Å². The van der Waals surface area contributed by atoms with Crippen molar-refractivity contribution in [3.05, 3.63) is 28.8 Å². The van der Waals surface area contributed by atoms with Crippen LogP contribution in [-0.2, 0) is 0 Å². The van der Waals surface area contributed by atoms with Gasteiger partial charge in [-0.1, -0.05) is 31.9 Å². The van der Waals surface area contributed by atoms with Crippen LogP contribution in [0.15, 0.2) is 23.1 Å². The fraction of sp³-hybridized carbons (Fsp3) is 0.417. The minimum atomic E-state index is 0.667. The Hall–Kier alpha value is -0.650. The predicted octanol–water partition coefficient (Wildman–Crippen LogP) is 4.35. The van der Waals surface area contributed by atoms with E-state index in [1.807, 2.05) is 6.07 Å². The summed E-state index contributed by atoms with van der Waals surface area (Å²) in [5.74, 6) is 1.70. The van der Waals surface area contributed by atoms with Gasteiger partial charge in [0.2, 0.25) is 0 Å². The van der Waals surface area contributed by atoms with Gasteiger partial charge in [-0.05, 0) is 24.1 Å². The molecule has 1 unspecified atom stereocenters. The molecule has 0 bridgehead atoms. The Morgan fingerprint density at radius 2 is 2.27 bits per heavy atom. The van der Waals surface area contributed by atoms with Gasteiger partial charge in [0.1, 0.15) is 6.07 Å². The third-order valence-electron chi connectivity index (χ3n) is 2.28. The molecule has 0 amide bonds. The van der Waals surface area contributed by atoms with Crippen LogP contribution in [-0.4, -0.2) is 5.75 Å². The normalized spacial score (nSPS) is 12.1. The first-order chi connectivity index (χ1) is 7.17. The van der Waals surface area contributed by atoms with E-state index in [1.165, 1.54) is 0 Å². The molecule has 1 nitrogen and oxygen atoms in total. The smallest absolute Gasteiger partial charge is 0.100 e. The lowest BCUT2D eigenvalue weighted by molar-refractivity contribution is 0.637. The Kier molecular flexibility index (Phi) is 5.01. The van der Waals surface area contributed by atoms with E-state index in [9.17, 15) is 0 Å². The largest absolute Gasteiger partial charge is 0.192 e. The molecule has 0 aliphatic carbocycles. The van der Waals surface area contributed by atoms with Crippen molar-refractivity contribution in [2.75, 3.05) is 5.75 Å². The lowest BCUT2D eigenvalue weighted by Crippen LogP contribution is -1.95. The number of benzene rings is 1. The third-order valence-corrected chi connectivity index (χ3v) is 3.90. The fourth-order valence-electron chi connectivity index (χ4n) is 1.06. The summed E-state index contributed by atoms with van der Waals surface area (Å²) in [6.45, 7) is 4.39. The third kappa shape index (κ3) is 3.77. The van der Waals surface area contributed by atoms with E-state index in [2.05, 4.69) is 19.9 Å². The van der Waals surface area contributed by atoms with Crippen molar-refractivity contribution in [3.63, 3.8) is 0 Å². The lowest BCUT2D eigenvalue weighted by Gasteiger charge is -2.08. The highest BCUT2D eigenvalue weighted by Crippen LogP contribution is 2.27. The van der Waals surface area contributed by atoms with E-state index < -0.39 is 0 Å². The number of halogens is 1. The fourth-order valence-corrected chi connectivity index (χ4v) is 2.47. The summed E-state index contributed by atoms with van der Waals surface area (Å²) in [5.41, 5.74) is 0.715. The Labute approximate surface area is 100 Å². The summed E-state index contributed by atoms with van der Waals surface area (Å²) in [6, 6.07) is 7.59. The highest BCUT2D eigenvalue weighted by molar-refractivity contribution is 7.99. The summed E-state index contributed by atoms with van der Waals surface area (Å²) in [6.07, 6.45) is 1.16. The molecule has 3 heteroatoms. The highest BCUT2D eigenvalue weighted by atomic mass is 35.5. The quantitative estimate of drug-likeness (QED) is 0.730. The van der Waals surface area contributed by atoms with Crippen LogP contribution in [0.25, 0.3) is 0 Å². The number of nitrogens with zero attached hydrogens (tertiary/aromatic N) is 1. The van der Waals surface area contributed by atoms with Crippen molar-refractivity contribution in [1.82, 2.24) is 0 Å². The molecule has 0 N–H and O–H groups in total. The first-order valence-corrected chi connectivity index (χ1v) is 6.36. The maximum absolute atomic E-state index is 8.93. The maximum Gasteiger partial charge on any atom is 0.100 e. The van der Waals surface area contributed by atoms with E-state index in [0.717, 1.165) is 17.1 Å². The van der Waals surface area contributed by atoms with Gasteiger partial charge in [-0.15, -0.1) is 11.8 Å². The predicted molar refractivity (Wildman–Crippen MR) is 66.3 cm³/mol. The van der Waals surface area contributed by atoms with Crippen molar-refractivity contribution in [1.29, 1.82) is 5.26 Å². The second-order valence-electron chi connectivity index (χ2n) is 3.58. The summed E-state index contributed by atoms with van der Waals surface area (Å²) < 4.78 is 0. The van der Waals surface area contributed by atoms with E-state index in [4.69, 9.17) is 16.9 Å². The van der Waals surface area contributed by atoms with Crippen LogP contribution in [0, 0.1) is 17.2 Å². The minimum absolute atomic E-state index is 0.667. The number of hydrogen-bond acceptors (Lipinski definition) is 2. The molecule has 0 fully saturated rings. The Morgan fingerprint density at radius 3 is 2.87 bits per heavy atom. The van der Waals surface area contributed by atoms with Gasteiger partial charge in [0.15, 0.2) is 0 Å². The summed E-state index contributed by atoms with van der Waals surface area (Å²) in [7, 11) is 0. The number of rotatable bonds is 4. The lowest BCUT2D eigenvalue weighted by atomic mass is 10.2. The van der Waals surface area contributed by atoms with Gasteiger partial charge in [-0.2, -0.15) is 5.26 Å². The molecule has 0 spiro atoms. The Balaban J connectivity index is 2.75. The summed E-state index contributed by atoms with van der Waals surface area (Å²) in [5, 5.41) is 9.62. The molecule has 0 aliphatic rings. The maximum atomic E-state index is 8.93. The van der Waals surface area contributed by atoms with Crippen molar-refractivity contribution in [2.24, 2.45) is 5.92 Å². The second-order valence-corrected chi connectivity index (χ2v) is 5.07. The van der Waals surface area contributed by atoms with Gasteiger partial charge in [0, 0.05) is 15.7 Å². The zero-order valence-corrected chi connectivity index (χ0v) is 10.5. The van der Waals surface area contributed by atoms with Gasteiger partial charge < -0.3 is 0 Å². The Bertz CT molecular complexity index is 370. The summed E-state index contributed by atoms with van der Waals surface area (Å²) in [4.78, 5) is 0.991. The second kappa shape index (κ2) is 6.05. The van der Waals surface area contributed by atoms with Crippen LogP contribution in [0.2, 0.25) is 5.02 Å². The van der Waals surface area contributed by atoms with Crippen LogP contribution in [0.1, 0.15) is 25.8 Å². The molecule has 0 aliphatic heterocycles. The van der Waals surface area contributed by atoms with E-state index in [1.54, 1.807) is 23.9 Å². The zero-order chi connectivity index (χ0) is 11.3. The van der Waals surface area contributed by atoms with Gasteiger partial charge in [0.25, 0.3) is 0 Å². The van der Waals surface area contributed by atoms with Gasteiger partial charge >= 0.3 is 0 Å². The molecule has 0 saturated carbocycles. The molecule has 1 aromatic carbocycles. The molecule has 1 aromatic rings. The first-order valence-electron chi connectivity index (χ1n) is 4.99. The van der Waals surface area contributed by atoms with Crippen LogP contribution in [0.3, 0.4) is 0 Å².